The van der Waals surface area contributed by atoms with Crippen LogP contribution >= 0.6 is 0 Å². The number of hydrogen-bond donors (Lipinski definition) is 0. The summed E-state index contributed by atoms with van der Waals surface area (Å²) in [5.41, 5.74) is 1.19. The van der Waals surface area contributed by atoms with Crippen LogP contribution in [0.3, 0.4) is 0 Å². The zero-order valence-corrected chi connectivity index (χ0v) is 6.46. The Balaban J connectivity index is 2.68. The second-order valence-corrected chi connectivity index (χ2v) is 2.67. The van der Waals surface area contributed by atoms with Crippen molar-refractivity contribution in [3.05, 3.63) is 29.3 Å². The van der Waals surface area contributed by atoms with Crippen molar-refractivity contribution in [3.63, 3.8) is 0 Å². The minimum absolute atomic E-state index is 0.375. The predicted octanol–water partition coefficient (Wildman–Crippen LogP) is 1.10. The van der Waals surface area contributed by atoms with E-state index in [1.165, 1.54) is 0 Å². The SMILES string of the molecule is Cc1cccc2c1OC(=O)C2=O. The number of hydrogen-bond acceptors (Lipinski definition) is 3. The van der Waals surface area contributed by atoms with Crippen molar-refractivity contribution in [3.8, 4) is 5.75 Å². The van der Waals surface area contributed by atoms with Gasteiger partial charge in [-0.1, -0.05) is 12.1 Å². The maximum absolute atomic E-state index is 11.1. The van der Waals surface area contributed by atoms with E-state index >= 15 is 0 Å². The number of rotatable bonds is 0. The molecule has 0 N–H and O–H groups in total. The first-order valence-electron chi connectivity index (χ1n) is 3.56. The van der Waals surface area contributed by atoms with E-state index in [-0.39, 0.29) is 0 Å². The molecule has 12 heavy (non-hydrogen) atoms. The molecule has 0 bridgehead atoms. The molecule has 1 aromatic rings. The number of benzene rings is 1. The highest BCUT2D eigenvalue weighted by Crippen LogP contribution is 2.28. The average molecular weight is 162 g/mol. The summed E-state index contributed by atoms with van der Waals surface area (Å²) in [4.78, 5) is 21.9. The van der Waals surface area contributed by atoms with Gasteiger partial charge in [0.25, 0.3) is 5.78 Å². The molecule has 3 heteroatoms. The topological polar surface area (TPSA) is 43.4 Å². The smallest absolute Gasteiger partial charge is 0.385 e. The minimum Gasteiger partial charge on any atom is -0.419 e. The molecular weight excluding hydrogens is 156 g/mol. The van der Waals surface area contributed by atoms with E-state index < -0.39 is 11.8 Å². The Morgan fingerprint density at radius 3 is 2.67 bits per heavy atom. The lowest BCUT2D eigenvalue weighted by Crippen LogP contribution is -2.10. The molecule has 0 fully saturated rings. The second kappa shape index (κ2) is 2.17. The molecule has 60 valence electrons. The maximum atomic E-state index is 11.1. The van der Waals surface area contributed by atoms with Gasteiger partial charge in [-0.25, -0.2) is 4.79 Å². The van der Waals surface area contributed by atoms with E-state index in [0.717, 1.165) is 5.56 Å². The molecule has 1 heterocycles. The number of esters is 1. The molecular formula is C9H6O3. The van der Waals surface area contributed by atoms with Crippen molar-refractivity contribution in [2.45, 2.75) is 6.92 Å². The summed E-state index contributed by atoms with van der Waals surface area (Å²) in [6, 6.07) is 5.12. The normalized spacial score (nSPS) is 14.4. The Kier molecular flexibility index (Phi) is 1.27. The minimum atomic E-state index is -0.778. The van der Waals surface area contributed by atoms with Crippen molar-refractivity contribution in [1.29, 1.82) is 0 Å². The van der Waals surface area contributed by atoms with E-state index in [1.807, 2.05) is 0 Å². The number of para-hydroxylation sites is 1. The van der Waals surface area contributed by atoms with Crippen molar-refractivity contribution < 1.29 is 14.3 Å². The van der Waals surface area contributed by atoms with Gasteiger partial charge in [-0.3, -0.25) is 4.79 Å². The average Bonchev–Trinajstić information content (AvgIpc) is 2.32. The Labute approximate surface area is 69.0 Å². The molecule has 1 aliphatic rings. The van der Waals surface area contributed by atoms with Crippen molar-refractivity contribution >= 4 is 11.8 Å². The summed E-state index contributed by atoms with van der Waals surface area (Å²) in [7, 11) is 0. The summed E-state index contributed by atoms with van der Waals surface area (Å²) >= 11 is 0. The molecule has 2 rings (SSSR count). The van der Waals surface area contributed by atoms with E-state index in [0.29, 0.717) is 11.3 Å². The highest BCUT2D eigenvalue weighted by Gasteiger charge is 2.31. The fourth-order valence-electron chi connectivity index (χ4n) is 1.22. The Hall–Kier alpha value is -1.64. The van der Waals surface area contributed by atoms with Gasteiger partial charge in [-0.15, -0.1) is 0 Å². The molecule has 0 saturated carbocycles. The van der Waals surface area contributed by atoms with Gasteiger partial charge in [-0.2, -0.15) is 0 Å². The molecule has 1 aliphatic heterocycles. The Bertz CT molecular complexity index is 379. The standard InChI is InChI=1S/C9H6O3/c1-5-3-2-4-6-7(10)9(11)12-8(5)6/h2-4H,1H3. The fourth-order valence-corrected chi connectivity index (χ4v) is 1.22. The van der Waals surface area contributed by atoms with Crippen molar-refractivity contribution in [2.24, 2.45) is 0 Å². The number of Topliss-reactive ketones (excluding diaryl/α,β-unsaturated/α-hetero) is 1. The first-order chi connectivity index (χ1) is 5.70. The fraction of sp³-hybridized carbons (Fsp3) is 0.111. The Morgan fingerprint density at radius 2 is 2.00 bits per heavy atom. The van der Waals surface area contributed by atoms with Gasteiger partial charge < -0.3 is 4.74 Å². The third-order valence-corrected chi connectivity index (χ3v) is 1.84. The highest BCUT2D eigenvalue weighted by molar-refractivity contribution is 6.44. The Morgan fingerprint density at radius 1 is 1.25 bits per heavy atom. The lowest BCUT2D eigenvalue weighted by Gasteiger charge is -1.97. The molecule has 3 nitrogen and oxygen atoms in total. The summed E-state index contributed by atoms with van der Waals surface area (Å²) < 4.78 is 4.76. The summed E-state index contributed by atoms with van der Waals surface area (Å²) in [5.74, 6) is -0.916. The van der Waals surface area contributed by atoms with Crippen LogP contribution in [-0.4, -0.2) is 11.8 Å². The van der Waals surface area contributed by atoms with Crippen LogP contribution in [0, 0.1) is 6.92 Å². The molecule has 0 atom stereocenters. The van der Waals surface area contributed by atoms with Crippen LogP contribution in [0.5, 0.6) is 5.75 Å². The van der Waals surface area contributed by atoms with Crippen LogP contribution < -0.4 is 4.74 Å². The quantitative estimate of drug-likeness (QED) is 0.326. The molecule has 0 radical (unpaired) electrons. The first kappa shape index (κ1) is 7.03. The van der Waals surface area contributed by atoms with Crippen LogP contribution in [0.2, 0.25) is 0 Å². The van der Waals surface area contributed by atoms with Gasteiger partial charge in [0, 0.05) is 0 Å². The van der Waals surface area contributed by atoms with Crippen LogP contribution in [0.1, 0.15) is 15.9 Å². The van der Waals surface area contributed by atoms with Gasteiger partial charge in [0.1, 0.15) is 5.75 Å². The van der Waals surface area contributed by atoms with E-state index in [1.54, 1.807) is 25.1 Å². The van der Waals surface area contributed by atoms with E-state index in [4.69, 9.17) is 4.74 Å². The third-order valence-electron chi connectivity index (χ3n) is 1.84. The van der Waals surface area contributed by atoms with Gasteiger partial charge in [0.05, 0.1) is 5.56 Å². The molecule has 0 amide bonds. The zero-order valence-electron chi connectivity index (χ0n) is 6.46. The third kappa shape index (κ3) is 0.763. The number of carbonyl (C=O) groups is 2. The van der Waals surface area contributed by atoms with E-state index in [2.05, 4.69) is 0 Å². The largest absolute Gasteiger partial charge is 0.419 e. The summed E-state index contributed by atoms with van der Waals surface area (Å²) in [6.45, 7) is 1.80. The number of ether oxygens (including phenoxy) is 1. The monoisotopic (exact) mass is 162 g/mol. The van der Waals surface area contributed by atoms with Gasteiger partial charge in [0.2, 0.25) is 0 Å². The summed E-state index contributed by atoms with van der Waals surface area (Å²) in [5, 5.41) is 0. The highest BCUT2D eigenvalue weighted by atomic mass is 16.5. The lowest BCUT2D eigenvalue weighted by atomic mass is 10.1. The van der Waals surface area contributed by atoms with Crippen molar-refractivity contribution in [2.75, 3.05) is 0 Å². The molecule has 0 saturated heterocycles. The molecule has 0 unspecified atom stereocenters. The molecule has 1 aromatic carbocycles. The van der Waals surface area contributed by atoms with Crippen LogP contribution in [0.4, 0.5) is 0 Å². The van der Waals surface area contributed by atoms with Crippen LogP contribution in [0.15, 0.2) is 18.2 Å². The molecule has 0 aliphatic carbocycles. The van der Waals surface area contributed by atoms with Gasteiger partial charge in [-0.05, 0) is 18.6 Å². The van der Waals surface area contributed by atoms with Crippen LogP contribution in [0.25, 0.3) is 0 Å². The first-order valence-corrected chi connectivity index (χ1v) is 3.56. The zero-order chi connectivity index (χ0) is 8.72. The lowest BCUT2D eigenvalue weighted by molar-refractivity contribution is -0.128. The van der Waals surface area contributed by atoms with Gasteiger partial charge >= 0.3 is 5.97 Å². The maximum Gasteiger partial charge on any atom is 0.385 e. The van der Waals surface area contributed by atoms with Crippen LogP contribution in [-0.2, 0) is 4.79 Å². The number of carbonyl (C=O) groups excluding carboxylic acids is 2. The number of aryl methyl sites for hydroxylation is 1. The molecule has 0 spiro atoms. The van der Waals surface area contributed by atoms with E-state index in [9.17, 15) is 9.59 Å². The molecule has 0 aromatic heterocycles. The second-order valence-electron chi connectivity index (χ2n) is 2.67. The number of ketones is 1. The summed E-state index contributed by atoms with van der Waals surface area (Å²) in [6.07, 6.45) is 0. The predicted molar refractivity (Wildman–Crippen MR) is 41.1 cm³/mol. The van der Waals surface area contributed by atoms with Crippen molar-refractivity contribution in [1.82, 2.24) is 0 Å². The number of fused-ring (bicyclic) bond motifs is 1. The van der Waals surface area contributed by atoms with Gasteiger partial charge in [0.15, 0.2) is 0 Å².